The number of carbonyl (C=O) groups is 1. The Morgan fingerprint density at radius 1 is 1.05 bits per heavy atom. The van der Waals surface area contributed by atoms with Crippen molar-refractivity contribution in [2.24, 2.45) is 0 Å². The minimum absolute atomic E-state index is 0.0540. The van der Waals surface area contributed by atoms with Crippen molar-refractivity contribution in [2.75, 3.05) is 36.4 Å². The third-order valence-corrected chi connectivity index (χ3v) is 6.76. The van der Waals surface area contributed by atoms with Gasteiger partial charge in [-0.05, 0) is 60.4 Å². The van der Waals surface area contributed by atoms with Crippen LogP contribution in [-0.4, -0.2) is 71.5 Å². The number of benzene rings is 1. The van der Waals surface area contributed by atoms with Crippen molar-refractivity contribution in [3.05, 3.63) is 84.7 Å². The first-order chi connectivity index (χ1) is 18.6. The lowest BCUT2D eigenvalue weighted by Crippen LogP contribution is -2.48. The van der Waals surface area contributed by atoms with E-state index < -0.39 is 0 Å². The monoisotopic (exact) mass is 506 g/mol. The summed E-state index contributed by atoms with van der Waals surface area (Å²) in [6.45, 7) is 8.16. The number of piperazine rings is 1. The second-order valence-corrected chi connectivity index (χ2v) is 9.18. The molecule has 190 valence electrons. The molecule has 5 aromatic rings. The lowest BCUT2D eigenvalue weighted by molar-refractivity contribution is -0.126. The second-order valence-electron chi connectivity index (χ2n) is 9.18. The molecule has 1 fully saturated rings. The van der Waals surface area contributed by atoms with Crippen LogP contribution in [0.25, 0.3) is 16.7 Å². The van der Waals surface area contributed by atoms with Crippen molar-refractivity contribution in [1.82, 2.24) is 39.4 Å². The van der Waals surface area contributed by atoms with E-state index >= 15 is 0 Å². The molecule has 4 aromatic heterocycles. The second kappa shape index (κ2) is 9.85. The highest BCUT2D eigenvalue weighted by Gasteiger charge is 2.22. The number of pyridine rings is 1. The first-order valence-electron chi connectivity index (χ1n) is 12.4. The van der Waals surface area contributed by atoms with Gasteiger partial charge in [-0.2, -0.15) is 5.10 Å². The number of hydrogen-bond donors (Lipinski definition) is 1. The van der Waals surface area contributed by atoms with E-state index in [1.807, 2.05) is 12.3 Å². The van der Waals surface area contributed by atoms with Gasteiger partial charge in [0.1, 0.15) is 23.7 Å². The van der Waals surface area contributed by atoms with Crippen LogP contribution in [0.5, 0.6) is 0 Å². The molecule has 1 saturated heterocycles. The highest BCUT2D eigenvalue weighted by atomic mass is 16.2. The molecule has 38 heavy (non-hydrogen) atoms. The van der Waals surface area contributed by atoms with E-state index in [1.165, 1.54) is 23.5 Å². The Morgan fingerprint density at radius 2 is 1.92 bits per heavy atom. The zero-order chi connectivity index (χ0) is 26.1. The van der Waals surface area contributed by atoms with Crippen LogP contribution in [0, 0.1) is 6.92 Å². The number of aryl methyl sites for hydroxylation is 1. The zero-order valence-electron chi connectivity index (χ0n) is 20.9. The molecular formula is C27H26N10O. The number of aromatic nitrogens is 7. The van der Waals surface area contributed by atoms with Gasteiger partial charge in [-0.15, -0.1) is 0 Å². The highest BCUT2D eigenvalue weighted by Crippen LogP contribution is 2.25. The van der Waals surface area contributed by atoms with Gasteiger partial charge in [0.2, 0.25) is 11.9 Å². The van der Waals surface area contributed by atoms with Crippen LogP contribution < -0.4 is 10.2 Å². The number of nitrogens with one attached hydrogen (secondary N) is 1. The number of anilines is 3. The Hall–Kier alpha value is -4.93. The summed E-state index contributed by atoms with van der Waals surface area (Å²) < 4.78 is 1.76. The lowest BCUT2D eigenvalue weighted by Gasteiger charge is -2.34. The standard InChI is InChI=1S/C27H26N10O/c1-3-24(38)35-8-10-36(11-9-35)27-28-15-22-25(34-27)26(31-16-29-22)33-21-5-4-20(18(2)12-21)13-19-6-7-37-23(14-19)30-17-32-37/h3-7,12,14-17H,1,8-11,13H2,2H3,(H,29,31,33). The maximum atomic E-state index is 11.9. The van der Waals surface area contributed by atoms with Crippen LogP contribution in [0.2, 0.25) is 0 Å². The average Bonchev–Trinajstić information content (AvgIpc) is 3.42. The number of fused-ring (bicyclic) bond motifs is 2. The first-order valence-corrected chi connectivity index (χ1v) is 12.4. The summed E-state index contributed by atoms with van der Waals surface area (Å²) in [5.74, 6) is 1.16. The van der Waals surface area contributed by atoms with Gasteiger partial charge in [-0.1, -0.05) is 12.6 Å². The number of hydrogen-bond acceptors (Lipinski definition) is 9. The summed E-state index contributed by atoms with van der Waals surface area (Å²) in [5, 5.41) is 7.57. The molecule has 11 nitrogen and oxygen atoms in total. The van der Waals surface area contributed by atoms with Gasteiger partial charge in [0.05, 0.1) is 6.20 Å². The molecule has 0 unspecified atom stereocenters. The Balaban J connectivity index is 1.21. The van der Waals surface area contributed by atoms with E-state index in [4.69, 9.17) is 4.98 Å². The molecule has 0 atom stereocenters. The van der Waals surface area contributed by atoms with Gasteiger partial charge in [0, 0.05) is 38.1 Å². The number of rotatable bonds is 6. The van der Waals surface area contributed by atoms with E-state index in [2.05, 4.69) is 73.0 Å². The Labute approximate surface area is 218 Å². The normalized spacial score (nSPS) is 13.7. The summed E-state index contributed by atoms with van der Waals surface area (Å²) >= 11 is 0. The molecule has 0 spiro atoms. The molecule has 0 saturated carbocycles. The lowest BCUT2D eigenvalue weighted by atomic mass is 10.0. The number of amides is 1. The van der Waals surface area contributed by atoms with Crippen LogP contribution in [-0.2, 0) is 11.2 Å². The molecule has 1 N–H and O–H groups in total. The van der Waals surface area contributed by atoms with E-state index in [9.17, 15) is 4.79 Å². The third kappa shape index (κ3) is 4.61. The SMILES string of the molecule is C=CC(=O)N1CCN(c2ncc3ncnc(Nc4ccc(Cc5ccn6ncnc6c5)c(C)c4)c3n2)CC1. The van der Waals surface area contributed by atoms with Gasteiger partial charge >= 0.3 is 0 Å². The van der Waals surface area contributed by atoms with Crippen molar-refractivity contribution in [3.8, 4) is 0 Å². The van der Waals surface area contributed by atoms with E-state index in [1.54, 1.807) is 21.9 Å². The minimum Gasteiger partial charge on any atom is -0.338 e. The zero-order valence-corrected chi connectivity index (χ0v) is 20.9. The smallest absolute Gasteiger partial charge is 0.246 e. The van der Waals surface area contributed by atoms with E-state index in [0.29, 0.717) is 49.0 Å². The Kier molecular flexibility index (Phi) is 6.08. The Morgan fingerprint density at radius 3 is 2.74 bits per heavy atom. The first kappa shape index (κ1) is 23.5. The molecule has 5 heterocycles. The minimum atomic E-state index is -0.0540. The molecule has 0 aliphatic carbocycles. The van der Waals surface area contributed by atoms with E-state index in [0.717, 1.165) is 23.3 Å². The molecule has 11 heteroatoms. The van der Waals surface area contributed by atoms with Gasteiger partial charge in [0.15, 0.2) is 11.5 Å². The largest absolute Gasteiger partial charge is 0.338 e. The fraction of sp³-hybridized carbons (Fsp3) is 0.222. The molecule has 1 amide bonds. The molecule has 0 bridgehead atoms. The fourth-order valence-electron chi connectivity index (χ4n) is 4.64. The van der Waals surface area contributed by atoms with Crippen molar-refractivity contribution in [1.29, 1.82) is 0 Å². The highest BCUT2D eigenvalue weighted by molar-refractivity contribution is 5.88. The molecule has 1 aliphatic heterocycles. The summed E-state index contributed by atoms with van der Waals surface area (Å²) in [5.41, 5.74) is 6.62. The summed E-state index contributed by atoms with van der Waals surface area (Å²) in [4.78, 5) is 38.1. The van der Waals surface area contributed by atoms with Gasteiger partial charge in [-0.3, -0.25) is 4.79 Å². The molecule has 1 aliphatic rings. The molecule has 0 radical (unpaired) electrons. The van der Waals surface area contributed by atoms with Gasteiger partial charge in [-0.25, -0.2) is 29.4 Å². The van der Waals surface area contributed by atoms with Crippen molar-refractivity contribution in [2.45, 2.75) is 13.3 Å². The maximum Gasteiger partial charge on any atom is 0.246 e. The average molecular weight is 507 g/mol. The predicted molar refractivity (Wildman–Crippen MR) is 144 cm³/mol. The van der Waals surface area contributed by atoms with Crippen LogP contribution in [0.4, 0.5) is 17.5 Å². The van der Waals surface area contributed by atoms with Crippen molar-refractivity contribution < 1.29 is 4.79 Å². The summed E-state index contributed by atoms with van der Waals surface area (Å²) in [6.07, 6.45) is 8.86. The number of nitrogens with zero attached hydrogens (tertiary/aromatic N) is 9. The number of carbonyl (C=O) groups excluding carboxylic acids is 1. The molecular weight excluding hydrogens is 480 g/mol. The fourth-order valence-corrected chi connectivity index (χ4v) is 4.64. The van der Waals surface area contributed by atoms with Crippen LogP contribution in [0.15, 0.2) is 68.0 Å². The van der Waals surface area contributed by atoms with Crippen molar-refractivity contribution >= 4 is 40.0 Å². The topological polar surface area (TPSA) is 117 Å². The molecule has 6 rings (SSSR count). The quantitative estimate of drug-likeness (QED) is 0.347. The Bertz CT molecular complexity index is 1650. The maximum absolute atomic E-state index is 11.9. The van der Waals surface area contributed by atoms with Crippen LogP contribution in [0.3, 0.4) is 0 Å². The third-order valence-electron chi connectivity index (χ3n) is 6.76. The molecule has 1 aromatic carbocycles. The predicted octanol–water partition coefficient (Wildman–Crippen LogP) is 2.94. The summed E-state index contributed by atoms with van der Waals surface area (Å²) in [7, 11) is 0. The van der Waals surface area contributed by atoms with Crippen molar-refractivity contribution in [3.63, 3.8) is 0 Å². The summed E-state index contributed by atoms with van der Waals surface area (Å²) in [6, 6.07) is 10.4. The van der Waals surface area contributed by atoms with E-state index in [-0.39, 0.29) is 5.91 Å². The van der Waals surface area contributed by atoms with Gasteiger partial charge in [0.25, 0.3) is 0 Å². The van der Waals surface area contributed by atoms with Gasteiger partial charge < -0.3 is 15.1 Å². The van der Waals surface area contributed by atoms with Crippen LogP contribution >= 0.6 is 0 Å². The van der Waals surface area contributed by atoms with Crippen LogP contribution in [0.1, 0.15) is 16.7 Å².